The molecule has 27 heavy (non-hydrogen) atoms. The SMILES string of the molecule is O=C(CN(c1ccc(F)cc1)c1nc2ccccc2s1)NC1CCCCC1. The van der Waals surface area contributed by atoms with Crippen molar-refractivity contribution < 1.29 is 9.18 Å². The third kappa shape index (κ3) is 4.27. The van der Waals surface area contributed by atoms with Gasteiger partial charge in [-0.2, -0.15) is 0 Å². The highest BCUT2D eigenvalue weighted by Crippen LogP contribution is 2.33. The van der Waals surface area contributed by atoms with Crippen LogP contribution in [-0.4, -0.2) is 23.5 Å². The van der Waals surface area contributed by atoms with Gasteiger partial charge in [0, 0.05) is 11.7 Å². The minimum absolute atomic E-state index is 0.0227. The molecule has 4 rings (SSSR count). The summed E-state index contributed by atoms with van der Waals surface area (Å²) in [6.45, 7) is 0.169. The molecule has 1 heterocycles. The number of aromatic nitrogens is 1. The molecule has 1 fully saturated rings. The van der Waals surface area contributed by atoms with Crippen LogP contribution in [0.3, 0.4) is 0 Å². The predicted octanol–water partition coefficient (Wildman–Crippen LogP) is 5.02. The molecule has 2 aromatic carbocycles. The Morgan fingerprint density at radius 2 is 1.85 bits per heavy atom. The van der Waals surface area contributed by atoms with E-state index >= 15 is 0 Å². The van der Waals surface area contributed by atoms with Crippen molar-refractivity contribution in [3.8, 4) is 0 Å². The summed E-state index contributed by atoms with van der Waals surface area (Å²) in [4.78, 5) is 19.2. The zero-order chi connectivity index (χ0) is 18.6. The van der Waals surface area contributed by atoms with Gasteiger partial charge in [0.2, 0.25) is 5.91 Å². The molecule has 1 aromatic heterocycles. The number of fused-ring (bicyclic) bond motifs is 1. The summed E-state index contributed by atoms with van der Waals surface area (Å²) in [6.07, 6.45) is 5.68. The lowest BCUT2D eigenvalue weighted by atomic mass is 9.95. The van der Waals surface area contributed by atoms with Crippen LogP contribution in [0.5, 0.6) is 0 Å². The van der Waals surface area contributed by atoms with Crippen LogP contribution in [-0.2, 0) is 4.79 Å². The molecule has 0 saturated heterocycles. The van der Waals surface area contributed by atoms with Gasteiger partial charge in [0.05, 0.1) is 10.2 Å². The third-order valence-electron chi connectivity index (χ3n) is 4.92. The van der Waals surface area contributed by atoms with Crippen LogP contribution in [0.4, 0.5) is 15.2 Å². The fourth-order valence-corrected chi connectivity index (χ4v) is 4.52. The van der Waals surface area contributed by atoms with Crippen LogP contribution < -0.4 is 10.2 Å². The van der Waals surface area contributed by atoms with Gasteiger partial charge >= 0.3 is 0 Å². The summed E-state index contributed by atoms with van der Waals surface area (Å²) in [5, 5.41) is 3.89. The van der Waals surface area contributed by atoms with Crippen LogP contribution in [0.1, 0.15) is 32.1 Å². The van der Waals surface area contributed by atoms with Gasteiger partial charge < -0.3 is 10.2 Å². The van der Waals surface area contributed by atoms with Crippen molar-refractivity contribution in [1.29, 1.82) is 0 Å². The lowest BCUT2D eigenvalue weighted by Crippen LogP contribution is -2.41. The lowest BCUT2D eigenvalue weighted by molar-refractivity contribution is -0.120. The number of thiazole rings is 1. The Morgan fingerprint density at radius 3 is 2.59 bits per heavy atom. The largest absolute Gasteiger partial charge is 0.352 e. The van der Waals surface area contributed by atoms with E-state index in [1.165, 1.54) is 42.7 Å². The van der Waals surface area contributed by atoms with Crippen molar-refractivity contribution in [3.05, 3.63) is 54.3 Å². The van der Waals surface area contributed by atoms with E-state index in [9.17, 15) is 9.18 Å². The molecule has 1 saturated carbocycles. The molecule has 0 unspecified atom stereocenters. The van der Waals surface area contributed by atoms with E-state index in [4.69, 9.17) is 0 Å². The maximum atomic E-state index is 13.4. The minimum atomic E-state index is -0.297. The second kappa shape index (κ2) is 8.05. The van der Waals surface area contributed by atoms with Gasteiger partial charge in [-0.1, -0.05) is 42.7 Å². The fourth-order valence-electron chi connectivity index (χ4n) is 3.53. The van der Waals surface area contributed by atoms with Crippen molar-refractivity contribution in [3.63, 3.8) is 0 Å². The van der Waals surface area contributed by atoms with E-state index in [2.05, 4.69) is 10.3 Å². The Morgan fingerprint density at radius 1 is 1.11 bits per heavy atom. The molecule has 1 amide bonds. The number of anilines is 2. The number of carbonyl (C=O) groups is 1. The highest BCUT2D eigenvalue weighted by atomic mass is 32.1. The number of hydrogen-bond donors (Lipinski definition) is 1. The number of benzene rings is 2. The molecule has 0 bridgehead atoms. The Kier molecular flexibility index (Phi) is 5.34. The first-order chi connectivity index (χ1) is 13.2. The van der Waals surface area contributed by atoms with E-state index in [0.717, 1.165) is 33.9 Å². The first-order valence-corrected chi connectivity index (χ1v) is 10.2. The molecule has 0 aliphatic heterocycles. The molecule has 6 heteroatoms. The van der Waals surface area contributed by atoms with E-state index in [1.807, 2.05) is 29.2 Å². The van der Waals surface area contributed by atoms with Gasteiger partial charge in [-0.15, -0.1) is 0 Å². The number of carbonyl (C=O) groups excluding carboxylic acids is 1. The minimum Gasteiger partial charge on any atom is -0.352 e. The highest BCUT2D eigenvalue weighted by Gasteiger charge is 2.21. The summed E-state index contributed by atoms with van der Waals surface area (Å²) < 4.78 is 14.4. The van der Waals surface area contributed by atoms with Crippen molar-refractivity contribution in [2.45, 2.75) is 38.1 Å². The van der Waals surface area contributed by atoms with Crippen LogP contribution in [0, 0.1) is 5.82 Å². The average Bonchev–Trinajstić information content (AvgIpc) is 3.11. The smallest absolute Gasteiger partial charge is 0.240 e. The van der Waals surface area contributed by atoms with Crippen LogP contribution in [0.25, 0.3) is 10.2 Å². The average molecular weight is 383 g/mol. The third-order valence-corrected chi connectivity index (χ3v) is 5.98. The number of amides is 1. The van der Waals surface area contributed by atoms with Crippen LogP contribution >= 0.6 is 11.3 Å². The second-order valence-electron chi connectivity index (χ2n) is 6.93. The number of hydrogen-bond acceptors (Lipinski definition) is 4. The molecule has 4 nitrogen and oxygen atoms in total. The second-order valence-corrected chi connectivity index (χ2v) is 7.94. The first kappa shape index (κ1) is 17.9. The van der Waals surface area contributed by atoms with Crippen LogP contribution in [0.15, 0.2) is 48.5 Å². The molecule has 0 spiro atoms. The van der Waals surface area contributed by atoms with Crippen LogP contribution in [0.2, 0.25) is 0 Å². The van der Waals surface area contributed by atoms with Gasteiger partial charge in [-0.05, 0) is 49.2 Å². The number of nitrogens with one attached hydrogen (secondary N) is 1. The van der Waals surface area contributed by atoms with Crippen molar-refractivity contribution >= 4 is 38.3 Å². The Balaban J connectivity index is 1.59. The Hall–Kier alpha value is -2.47. The van der Waals surface area contributed by atoms with E-state index < -0.39 is 0 Å². The number of nitrogens with zero attached hydrogens (tertiary/aromatic N) is 2. The molecular formula is C21H22FN3OS. The van der Waals surface area contributed by atoms with E-state index in [0.29, 0.717) is 0 Å². The molecule has 0 atom stereocenters. The first-order valence-electron chi connectivity index (χ1n) is 9.37. The quantitative estimate of drug-likeness (QED) is 0.673. The van der Waals surface area contributed by atoms with Gasteiger partial charge in [-0.25, -0.2) is 9.37 Å². The Labute approximate surface area is 162 Å². The molecule has 1 aliphatic rings. The topological polar surface area (TPSA) is 45.2 Å². The Bertz CT molecular complexity index is 886. The standard InChI is InChI=1S/C21H22FN3OS/c22-15-10-12-17(13-11-15)25(14-20(26)23-16-6-2-1-3-7-16)21-24-18-8-4-5-9-19(18)27-21/h4-5,8-13,16H,1-3,6-7,14H2,(H,23,26). The highest BCUT2D eigenvalue weighted by molar-refractivity contribution is 7.22. The molecule has 1 N–H and O–H groups in total. The number of halogens is 1. The van der Waals surface area contributed by atoms with Crippen molar-refractivity contribution in [2.75, 3.05) is 11.4 Å². The fraction of sp³-hybridized carbons (Fsp3) is 0.333. The van der Waals surface area contributed by atoms with Gasteiger partial charge in [0.25, 0.3) is 0 Å². The van der Waals surface area contributed by atoms with Gasteiger partial charge in [0.15, 0.2) is 5.13 Å². The van der Waals surface area contributed by atoms with Crippen molar-refractivity contribution in [1.82, 2.24) is 10.3 Å². The van der Waals surface area contributed by atoms with E-state index in [1.54, 1.807) is 12.1 Å². The summed E-state index contributed by atoms with van der Waals surface area (Å²) in [6, 6.07) is 14.4. The van der Waals surface area contributed by atoms with Crippen molar-refractivity contribution in [2.24, 2.45) is 0 Å². The maximum absolute atomic E-state index is 13.4. The number of para-hydroxylation sites is 1. The summed E-state index contributed by atoms with van der Waals surface area (Å²) in [7, 11) is 0. The van der Waals surface area contributed by atoms with Gasteiger partial charge in [0.1, 0.15) is 12.4 Å². The predicted molar refractivity (Wildman–Crippen MR) is 108 cm³/mol. The molecule has 0 radical (unpaired) electrons. The monoisotopic (exact) mass is 383 g/mol. The zero-order valence-corrected chi connectivity index (χ0v) is 15.8. The van der Waals surface area contributed by atoms with Gasteiger partial charge in [-0.3, -0.25) is 4.79 Å². The van der Waals surface area contributed by atoms with E-state index in [-0.39, 0.29) is 24.3 Å². The molecule has 3 aromatic rings. The lowest BCUT2D eigenvalue weighted by Gasteiger charge is -2.26. The molecule has 140 valence electrons. The normalized spacial score (nSPS) is 15.0. The summed E-state index contributed by atoms with van der Waals surface area (Å²) in [5.74, 6) is -0.319. The molecule has 1 aliphatic carbocycles. The summed E-state index contributed by atoms with van der Waals surface area (Å²) in [5.41, 5.74) is 1.66. The number of rotatable bonds is 5. The molecular weight excluding hydrogens is 361 g/mol. The maximum Gasteiger partial charge on any atom is 0.240 e. The summed E-state index contributed by atoms with van der Waals surface area (Å²) >= 11 is 1.53. The zero-order valence-electron chi connectivity index (χ0n) is 15.0.